The van der Waals surface area contributed by atoms with Crippen molar-refractivity contribution in [1.29, 1.82) is 0 Å². The van der Waals surface area contributed by atoms with Crippen LogP contribution in [0, 0.1) is 10.8 Å². The molecule has 0 heteroatoms. The Kier molecular flexibility index (Phi) is 6.55. The predicted octanol–water partition coefficient (Wildman–Crippen LogP) is 5.81. The van der Waals surface area contributed by atoms with Gasteiger partial charge in [-0.3, -0.25) is 0 Å². The molecule has 0 unspecified atom stereocenters. The van der Waals surface area contributed by atoms with E-state index < -0.39 is 0 Å². The van der Waals surface area contributed by atoms with Gasteiger partial charge in [0.2, 0.25) is 0 Å². The van der Waals surface area contributed by atoms with E-state index in [-0.39, 0.29) is 0 Å². The first kappa shape index (κ1) is 15.0. The monoisotopic (exact) mass is 212 g/mol. The lowest BCUT2D eigenvalue weighted by Gasteiger charge is -2.18. The second-order valence-corrected chi connectivity index (χ2v) is 7.39. The fraction of sp³-hybridized carbons (Fsp3) is 1.00. The number of unbranched alkanes of at least 4 members (excludes halogenated alkanes) is 4. The molecule has 0 heterocycles. The van der Waals surface area contributed by atoms with Gasteiger partial charge in [0.1, 0.15) is 0 Å². The third-order valence-corrected chi connectivity index (χ3v) is 2.85. The average molecular weight is 212 g/mol. The highest BCUT2D eigenvalue weighted by Crippen LogP contribution is 2.24. The molecule has 0 saturated carbocycles. The lowest BCUT2D eigenvalue weighted by Crippen LogP contribution is -2.04. The molecule has 0 amide bonds. The van der Waals surface area contributed by atoms with Crippen LogP contribution in [-0.2, 0) is 0 Å². The van der Waals surface area contributed by atoms with Crippen LogP contribution in [0.15, 0.2) is 0 Å². The zero-order valence-corrected chi connectivity index (χ0v) is 11.9. The first-order chi connectivity index (χ1) is 6.71. The summed E-state index contributed by atoms with van der Waals surface area (Å²) in [4.78, 5) is 0. The van der Waals surface area contributed by atoms with Gasteiger partial charge in [-0.15, -0.1) is 0 Å². The van der Waals surface area contributed by atoms with Crippen LogP contribution >= 0.6 is 0 Å². The van der Waals surface area contributed by atoms with Crippen molar-refractivity contribution in [2.75, 3.05) is 0 Å². The Hall–Kier alpha value is 0. The van der Waals surface area contributed by atoms with Gasteiger partial charge < -0.3 is 0 Å². The van der Waals surface area contributed by atoms with Gasteiger partial charge in [0.25, 0.3) is 0 Å². The topological polar surface area (TPSA) is 0 Å². The van der Waals surface area contributed by atoms with E-state index in [1.165, 1.54) is 44.9 Å². The van der Waals surface area contributed by atoms with E-state index in [2.05, 4.69) is 41.5 Å². The van der Waals surface area contributed by atoms with Gasteiger partial charge >= 0.3 is 0 Å². The fourth-order valence-corrected chi connectivity index (χ4v) is 1.84. The molecule has 0 nitrogen and oxygen atoms in total. The summed E-state index contributed by atoms with van der Waals surface area (Å²) in [5.41, 5.74) is 1.07. The van der Waals surface area contributed by atoms with Gasteiger partial charge in [-0.05, 0) is 23.7 Å². The van der Waals surface area contributed by atoms with E-state index in [9.17, 15) is 0 Å². The van der Waals surface area contributed by atoms with Gasteiger partial charge in [0, 0.05) is 0 Å². The van der Waals surface area contributed by atoms with Crippen molar-refractivity contribution in [1.82, 2.24) is 0 Å². The molecule has 0 aliphatic carbocycles. The van der Waals surface area contributed by atoms with Crippen LogP contribution in [0.5, 0.6) is 0 Å². The Morgan fingerprint density at radius 2 is 0.733 bits per heavy atom. The summed E-state index contributed by atoms with van der Waals surface area (Å²) >= 11 is 0. The maximum absolute atomic E-state index is 2.34. The minimum Gasteiger partial charge on any atom is -0.0602 e. The molecule has 92 valence electrons. The summed E-state index contributed by atoms with van der Waals surface area (Å²) in [6.07, 6.45) is 9.89. The van der Waals surface area contributed by atoms with Gasteiger partial charge in [-0.2, -0.15) is 0 Å². The molecule has 0 radical (unpaired) electrons. The average Bonchev–Trinajstić information content (AvgIpc) is 1.98. The van der Waals surface area contributed by atoms with E-state index in [0.717, 1.165) is 0 Å². The van der Waals surface area contributed by atoms with Crippen molar-refractivity contribution in [3.63, 3.8) is 0 Å². The van der Waals surface area contributed by atoms with E-state index >= 15 is 0 Å². The maximum Gasteiger partial charge on any atom is -0.0383 e. The molecule has 0 aromatic heterocycles. The molecular formula is C15H32. The minimum absolute atomic E-state index is 0.533. The van der Waals surface area contributed by atoms with Crippen molar-refractivity contribution in [3.8, 4) is 0 Å². The van der Waals surface area contributed by atoms with Crippen LogP contribution in [0.4, 0.5) is 0 Å². The highest BCUT2D eigenvalue weighted by Gasteiger charge is 2.10. The second kappa shape index (κ2) is 6.55. The van der Waals surface area contributed by atoms with E-state index in [0.29, 0.717) is 10.8 Å². The van der Waals surface area contributed by atoms with Gasteiger partial charge in [0.15, 0.2) is 0 Å². The Balaban J connectivity index is 3.20. The molecule has 0 rings (SSSR count). The Morgan fingerprint density at radius 3 is 1.00 bits per heavy atom. The molecule has 0 aromatic rings. The fourth-order valence-electron chi connectivity index (χ4n) is 1.84. The molecule has 0 saturated heterocycles. The molecule has 0 N–H and O–H groups in total. The van der Waals surface area contributed by atoms with E-state index in [1.54, 1.807) is 0 Å². The summed E-state index contributed by atoms with van der Waals surface area (Å²) < 4.78 is 0. The predicted molar refractivity (Wildman–Crippen MR) is 71.2 cm³/mol. The third-order valence-electron chi connectivity index (χ3n) is 2.85. The summed E-state index contributed by atoms with van der Waals surface area (Å²) in [6.45, 7) is 14.0. The van der Waals surface area contributed by atoms with Crippen molar-refractivity contribution >= 4 is 0 Å². The van der Waals surface area contributed by atoms with E-state index in [4.69, 9.17) is 0 Å². The molecule has 0 atom stereocenters. The van der Waals surface area contributed by atoms with Crippen molar-refractivity contribution in [3.05, 3.63) is 0 Å². The summed E-state index contributed by atoms with van der Waals surface area (Å²) in [7, 11) is 0. The normalized spacial score (nSPS) is 13.2. The molecular weight excluding hydrogens is 180 g/mol. The molecule has 0 aromatic carbocycles. The van der Waals surface area contributed by atoms with Crippen LogP contribution < -0.4 is 0 Å². The van der Waals surface area contributed by atoms with E-state index in [1.807, 2.05) is 0 Å². The number of rotatable bonds is 6. The zero-order chi connectivity index (χ0) is 11.9. The van der Waals surface area contributed by atoms with Crippen LogP contribution in [0.2, 0.25) is 0 Å². The molecule has 15 heavy (non-hydrogen) atoms. The van der Waals surface area contributed by atoms with Gasteiger partial charge in [0.05, 0.1) is 0 Å². The summed E-state index contributed by atoms with van der Waals surface area (Å²) in [5.74, 6) is 0. The molecule has 0 bridgehead atoms. The SMILES string of the molecule is CC(C)(C)CCCCCCCC(C)(C)C. The third kappa shape index (κ3) is 14.0. The van der Waals surface area contributed by atoms with Crippen molar-refractivity contribution in [2.45, 2.75) is 86.5 Å². The highest BCUT2D eigenvalue weighted by molar-refractivity contribution is 4.63. The Bertz CT molecular complexity index is 124. The quantitative estimate of drug-likeness (QED) is 0.487. The first-order valence-electron chi connectivity index (χ1n) is 6.71. The molecule has 0 fully saturated rings. The molecule has 0 aliphatic rings. The zero-order valence-electron chi connectivity index (χ0n) is 11.9. The lowest BCUT2D eigenvalue weighted by molar-refractivity contribution is 0.343. The summed E-state index contributed by atoms with van der Waals surface area (Å²) in [5, 5.41) is 0. The Morgan fingerprint density at radius 1 is 0.467 bits per heavy atom. The Labute approximate surface area is 97.8 Å². The smallest absolute Gasteiger partial charge is 0.0383 e. The maximum atomic E-state index is 2.34. The highest BCUT2D eigenvalue weighted by atomic mass is 14.2. The molecule has 0 spiro atoms. The second-order valence-electron chi connectivity index (χ2n) is 7.39. The van der Waals surface area contributed by atoms with Crippen LogP contribution in [0.3, 0.4) is 0 Å². The largest absolute Gasteiger partial charge is 0.0602 e. The van der Waals surface area contributed by atoms with Crippen LogP contribution in [0.1, 0.15) is 86.5 Å². The lowest BCUT2D eigenvalue weighted by atomic mass is 9.88. The molecule has 0 aliphatic heterocycles. The van der Waals surface area contributed by atoms with Gasteiger partial charge in [-0.25, -0.2) is 0 Å². The van der Waals surface area contributed by atoms with Crippen LogP contribution in [-0.4, -0.2) is 0 Å². The van der Waals surface area contributed by atoms with Crippen molar-refractivity contribution < 1.29 is 0 Å². The standard InChI is InChI=1S/C15H32/c1-14(2,3)12-10-8-7-9-11-13-15(4,5)6/h7-13H2,1-6H3. The van der Waals surface area contributed by atoms with Crippen LogP contribution in [0.25, 0.3) is 0 Å². The van der Waals surface area contributed by atoms with Gasteiger partial charge in [-0.1, -0.05) is 73.6 Å². The first-order valence-corrected chi connectivity index (χ1v) is 6.71. The van der Waals surface area contributed by atoms with Crippen molar-refractivity contribution in [2.24, 2.45) is 10.8 Å². The number of hydrogen-bond donors (Lipinski definition) is 0. The minimum atomic E-state index is 0.533. The number of hydrogen-bond acceptors (Lipinski definition) is 0. The summed E-state index contributed by atoms with van der Waals surface area (Å²) in [6, 6.07) is 0.